The largest absolute Gasteiger partial charge is 0.347 e. The van der Waals surface area contributed by atoms with E-state index in [9.17, 15) is 0 Å². The Morgan fingerprint density at radius 1 is 1.10 bits per heavy atom. The number of unbranched alkanes of at least 4 members (excludes halogenated alkanes) is 1. The summed E-state index contributed by atoms with van der Waals surface area (Å²) in [5.74, 6) is 0.723. The summed E-state index contributed by atoms with van der Waals surface area (Å²) >= 11 is 0. The van der Waals surface area contributed by atoms with Crippen LogP contribution >= 0.6 is 0 Å². The van der Waals surface area contributed by atoms with Crippen molar-refractivity contribution in [3.63, 3.8) is 0 Å². The number of rotatable bonds is 6. The molecule has 1 aliphatic heterocycles. The third-order valence-electron chi connectivity index (χ3n) is 4.92. The SMILES string of the molecule is CCCCC(/C=C1\N(C)c2ccccc2C1(C)C)CCC. The minimum absolute atomic E-state index is 0.129. The summed E-state index contributed by atoms with van der Waals surface area (Å²) in [6, 6.07) is 8.85. The molecule has 1 atom stereocenters. The minimum Gasteiger partial charge on any atom is -0.347 e. The van der Waals surface area contributed by atoms with Gasteiger partial charge >= 0.3 is 0 Å². The Hall–Kier alpha value is -1.24. The van der Waals surface area contributed by atoms with Gasteiger partial charge in [-0.15, -0.1) is 0 Å². The summed E-state index contributed by atoms with van der Waals surface area (Å²) < 4.78 is 0. The van der Waals surface area contributed by atoms with Gasteiger partial charge in [0.1, 0.15) is 0 Å². The second-order valence-electron chi connectivity index (χ2n) is 6.94. The Bertz CT molecular complexity index is 498. The molecule has 0 aromatic heterocycles. The molecule has 21 heavy (non-hydrogen) atoms. The van der Waals surface area contributed by atoms with E-state index in [2.05, 4.69) is 70.0 Å². The van der Waals surface area contributed by atoms with E-state index >= 15 is 0 Å². The van der Waals surface area contributed by atoms with E-state index in [1.165, 1.54) is 49.1 Å². The molecule has 1 unspecified atom stereocenters. The van der Waals surface area contributed by atoms with E-state index in [1.54, 1.807) is 0 Å². The van der Waals surface area contributed by atoms with Crippen molar-refractivity contribution in [2.24, 2.45) is 5.92 Å². The average Bonchev–Trinajstić information content (AvgIpc) is 2.66. The number of fused-ring (bicyclic) bond motifs is 1. The molecule has 0 amide bonds. The van der Waals surface area contributed by atoms with Gasteiger partial charge < -0.3 is 4.90 Å². The molecule has 1 heterocycles. The third kappa shape index (κ3) is 3.17. The van der Waals surface area contributed by atoms with Crippen molar-refractivity contribution in [1.29, 1.82) is 0 Å². The molecule has 0 N–H and O–H groups in total. The fourth-order valence-corrected chi connectivity index (χ4v) is 3.67. The molecule has 1 aromatic rings. The Balaban J connectivity index is 2.32. The maximum atomic E-state index is 2.57. The first-order valence-corrected chi connectivity index (χ1v) is 8.57. The van der Waals surface area contributed by atoms with E-state index in [0.29, 0.717) is 0 Å². The van der Waals surface area contributed by atoms with Gasteiger partial charge in [0.2, 0.25) is 0 Å². The van der Waals surface area contributed by atoms with Gasteiger partial charge in [0, 0.05) is 23.8 Å². The van der Waals surface area contributed by atoms with E-state index in [-0.39, 0.29) is 5.41 Å². The van der Waals surface area contributed by atoms with Gasteiger partial charge in [0.05, 0.1) is 0 Å². The smallest absolute Gasteiger partial charge is 0.0447 e. The van der Waals surface area contributed by atoms with Gasteiger partial charge in [0.25, 0.3) is 0 Å². The average molecular weight is 285 g/mol. The normalized spacial score (nSPS) is 19.9. The lowest BCUT2D eigenvalue weighted by atomic mass is 9.82. The standard InChI is InChI=1S/C20H31N/c1-6-8-12-16(11-7-2)15-19-20(3,4)17-13-9-10-14-18(17)21(19)5/h9-10,13-16H,6-8,11-12H2,1-5H3/b19-15-. The molecular weight excluding hydrogens is 254 g/mol. The molecule has 0 saturated heterocycles. The Morgan fingerprint density at radius 2 is 1.81 bits per heavy atom. The number of benzene rings is 1. The molecule has 116 valence electrons. The van der Waals surface area contributed by atoms with Gasteiger partial charge in [-0.25, -0.2) is 0 Å². The topological polar surface area (TPSA) is 3.24 Å². The van der Waals surface area contributed by atoms with Gasteiger partial charge in [-0.1, -0.05) is 71.2 Å². The van der Waals surface area contributed by atoms with Crippen molar-refractivity contribution in [1.82, 2.24) is 0 Å². The zero-order chi connectivity index (χ0) is 15.5. The van der Waals surface area contributed by atoms with Crippen LogP contribution in [0.4, 0.5) is 5.69 Å². The lowest BCUT2D eigenvalue weighted by Crippen LogP contribution is -2.24. The zero-order valence-electron chi connectivity index (χ0n) is 14.4. The molecule has 1 aromatic carbocycles. The van der Waals surface area contributed by atoms with E-state index in [4.69, 9.17) is 0 Å². The molecule has 2 rings (SSSR count). The monoisotopic (exact) mass is 285 g/mol. The maximum Gasteiger partial charge on any atom is 0.0447 e. The summed E-state index contributed by atoms with van der Waals surface area (Å²) in [7, 11) is 2.22. The van der Waals surface area contributed by atoms with E-state index in [0.717, 1.165) is 5.92 Å². The Kier molecular flexibility index (Phi) is 5.13. The molecule has 1 aliphatic rings. The van der Waals surface area contributed by atoms with Gasteiger partial charge in [-0.05, 0) is 30.4 Å². The molecule has 0 aliphatic carbocycles. The van der Waals surface area contributed by atoms with Crippen LogP contribution in [-0.4, -0.2) is 7.05 Å². The highest BCUT2D eigenvalue weighted by molar-refractivity contribution is 5.69. The molecule has 1 heteroatoms. The highest BCUT2D eigenvalue weighted by Crippen LogP contribution is 2.47. The van der Waals surface area contributed by atoms with Crippen molar-refractivity contribution >= 4 is 5.69 Å². The highest BCUT2D eigenvalue weighted by atomic mass is 15.2. The van der Waals surface area contributed by atoms with Crippen molar-refractivity contribution in [3.05, 3.63) is 41.6 Å². The van der Waals surface area contributed by atoms with Crippen molar-refractivity contribution in [2.75, 3.05) is 11.9 Å². The number of allylic oxidation sites excluding steroid dienone is 2. The molecule has 0 radical (unpaired) electrons. The lowest BCUT2D eigenvalue weighted by molar-refractivity contribution is 0.500. The third-order valence-corrected chi connectivity index (χ3v) is 4.92. The summed E-state index contributed by atoms with van der Waals surface area (Å²) in [4.78, 5) is 2.41. The second-order valence-corrected chi connectivity index (χ2v) is 6.94. The lowest BCUT2D eigenvalue weighted by Gasteiger charge is -2.26. The number of nitrogens with zero attached hydrogens (tertiary/aromatic N) is 1. The first-order valence-electron chi connectivity index (χ1n) is 8.57. The molecule has 0 saturated carbocycles. The number of anilines is 1. The predicted octanol–water partition coefficient (Wildman–Crippen LogP) is 5.90. The maximum absolute atomic E-state index is 2.57. The summed E-state index contributed by atoms with van der Waals surface area (Å²) in [5, 5.41) is 0. The van der Waals surface area contributed by atoms with Crippen LogP contribution in [0.25, 0.3) is 0 Å². The van der Waals surface area contributed by atoms with Gasteiger partial charge in [-0.3, -0.25) is 0 Å². The zero-order valence-corrected chi connectivity index (χ0v) is 14.4. The number of hydrogen-bond acceptors (Lipinski definition) is 1. The molecular formula is C20H31N. The van der Waals surface area contributed by atoms with Crippen LogP contribution < -0.4 is 4.90 Å². The fourth-order valence-electron chi connectivity index (χ4n) is 3.67. The molecule has 0 spiro atoms. The minimum atomic E-state index is 0.129. The van der Waals surface area contributed by atoms with E-state index in [1.807, 2.05) is 0 Å². The van der Waals surface area contributed by atoms with Crippen LogP contribution in [0.2, 0.25) is 0 Å². The summed E-state index contributed by atoms with van der Waals surface area (Å²) in [6.45, 7) is 9.32. The number of likely N-dealkylation sites (N-methyl/N-ethyl adjacent to an activating group) is 1. The van der Waals surface area contributed by atoms with E-state index < -0.39 is 0 Å². The molecule has 0 fully saturated rings. The van der Waals surface area contributed by atoms with Crippen LogP contribution in [-0.2, 0) is 5.41 Å². The van der Waals surface area contributed by atoms with Gasteiger partial charge in [-0.2, -0.15) is 0 Å². The van der Waals surface area contributed by atoms with Crippen LogP contribution in [0, 0.1) is 5.92 Å². The Morgan fingerprint density at radius 3 is 2.43 bits per heavy atom. The van der Waals surface area contributed by atoms with Crippen LogP contribution in [0.15, 0.2) is 36.0 Å². The summed E-state index contributed by atoms with van der Waals surface area (Å²) in [5.41, 5.74) is 4.45. The van der Waals surface area contributed by atoms with Crippen LogP contribution in [0.3, 0.4) is 0 Å². The highest BCUT2D eigenvalue weighted by Gasteiger charge is 2.38. The number of para-hydroxylation sites is 1. The fraction of sp³-hybridized carbons (Fsp3) is 0.600. The first kappa shape index (κ1) is 16.1. The first-order chi connectivity index (χ1) is 10.0. The van der Waals surface area contributed by atoms with Crippen molar-refractivity contribution < 1.29 is 0 Å². The number of hydrogen-bond donors (Lipinski definition) is 0. The quantitative estimate of drug-likeness (QED) is 0.628. The van der Waals surface area contributed by atoms with Gasteiger partial charge in [0.15, 0.2) is 0 Å². The molecule has 1 nitrogen and oxygen atoms in total. The molecule has 0 bridgehead atoms. The van der Waals surface area contributed by atoms with Crippen molar-refractivity contribution in [3.8, 4) is 0 Å². The second kappa shape index (κ2) is 6.68. The Labute approximate surface area is 131 Å². The van der Waals surface area contributed by atoms with Crippen LogP contribution in [0.1, 0.15) is 65.4 Å². The predicted molar refractivity (Wildman–Crippen MR) is 93.9 cm³/mol. The summed E-state index contributed by atoms with van der Waals surface area (Å²) in [6.07, 6.45) is 9.11. The van der Waals surface area contributed by atoms with Crippen LogP contribution in [0.5, 0.6) is 0 Å². The van der Waals surface area contributed by atoms with Crippen molar-refractivity contribution in [2.45, 2.75) is 65.2 Å².